The fourth-order valence-corrected chi connectivity index (χ4v) is 4.42. The van der Waals surface area contributed by atoms with Gasteiger partial charge in [-0.05, 0) is 19.3 Å². The summed E-state index contributed by atoms with van der Waals surface area (Å²) in [5.74, 6) is -0.450. The molecule has 232 valence electrons. The van der Waals surface area contributed by atoms with E-state index in [9.17, 15) is 23.9 Å². The van der Waals surface area contributed by atoms with Crippen molar-refractivity contribution in [3.63, 3.8) is 0 Å². The molecule has 0 rings (SSSR count). The van der Waals surface area contributed by atoms with Crippen LogP contribution in [0, 0.1) is 0 Å². The van der Waals surface area contributed by atoms with Crippen molar-refractivity contribution in [1.82, 2.24) is 5.32 Å². The van der Waals surface area contributed by atoms with Gasteiger partial charge in [-0.15, -0.1) is 0 Å². The van der Waals surface area contributed by atoms with Gasteiger partial charge in [-0.3, -0.25) is 9.59 Å². The predicted molar refractivity (Wildman–Crippen MR) is 148 cm³/mol. The van der Waals surface area contributed by atoms with Gasteiger partial charge in [-0.1, -0.05) is 96.8 Å². The number of phosphoric acid groups is 1. The van der Waals surface area contributed by atoms with E-state index in [1.165, 1.54) is 45.4 Å². The largest absolute Gasteiger partial charge is 1.00 e. The Bertz CT molecular complexity index is 642. The maximum atomic E-state index is 12.2. The Hall–Kier alpha value is 0.970. The average molecular weight is 626 g/mol. The number of phosphoric ester groups is 1. The van der Waals surface area contributed by atoms with Gasteiger partial charge in [0.25, 0.3) is 0 Å². The Morgan fingerprint density at radius 1 is 0.732 bits per heavy atom. The van der Waals surface area contributed by atoms with Crippen LogP contribution in [-0.2, 0) is 32.9 Å². The third kappa shape index (κ3) is 38.9. The minimum absolute atomic E-state index is 0. The molecule has 0 radical (unpaired) electrons. The molecule has 0 aromatic rings. The number of hydrogen-bond acceptors (Lipinski definition) is 9. The quantitative estimate of drug-likeness (QED) is 0.0361. The average Bonchev–Trinajstić information content (AvgIpc) is 2.87. The fourth-order valence-electron chi connectivity index (χ4n) is 4.07. The molecule has 13 heteroatoms. The summed E-state index contributed by atoms with van der Waals surface area (Å²) in [7, 11) is -5.18. The predicted octanol–water partition coefficient (Wildman–Crippen LogP) is -1.08. The van der Waals surface area contributed by atoms with Gasteiger partial charge < -0.3 is 38.4 Å². The van der Waals surface area contributed by atoms with E-state index in [2.05, 4.69) is 16.8 Å². The number of nitrogens with one attached hydrogen (secondary N) is 1. The first-order chi connectivity index (χ1) is 18.7. The van der Waals surface area contributed by atoms with Crippen LogP contribution in [0.5, 0.6) is 0 Å². The normalized spacial score (nSPS) is 11.8. The Kier molecular flexibility index (Phi) is 38.3. The van der Waals surface area contributed by atoms with Crippen molar-refractivity contribution in [2.24, 2.45) is 0 Å². The number of unbranched alkanes of at least 4 members (excludes halogenated alkanes) is 15. The molecule has 0 heterocycles. The van der Waals surface area contributed by atoms with Gasteiger partial charge in [0.15, 0.2) is 0 Å². The molecule has 0 saturated carbocycles. The van der Waals surface area contributed by atoms with Crippen molar-refractivity contribution in [3.8, 4) is 0 Å². The van der Waals surface area contributed by atoms with Crippen LogP contribution in [0.3, 0.4) is 0 Å². The van der Waals surface area contributed by atoms with Gasteiger partial charge in [-0.2, -0.15) is 0 Å². The number of rotatable bonds is 29. The first kappa shape index (κ1) is 46.4. The van der Waals surface area contributed by atoms with E-state index in [4.69, 9.17) is 14.2 Å². The summed E-state index contributed by atoms with van der Waals surface area (Å²) in [5, 5.41) is 2.79. The van der Waals surface area contributed by atoms with E-state index in [1.54, 1.807) is 0 Å². The van der Waals surface area contributed by atoms with Crippen LogP contribution in [0.4, 0.5) is 0 Å². The van der Waals surface area contributed by atoms with Gasteiger partial charge in [0.05, 0.1) is 21.0 Å². The summed E-state index contributed by atoms with van der Waals surface area (Å²) in [4.78, 5) is 44.6. The molecule has 1 amide bonds. The number of ether oxygens (including phenoxy) is 3. The van der Waals surface area contributed by atoms with Crippen molar-refractivity contribution >= 4 is 19.7 Å². The smallest absolute Gasteiger partial charge is 0.790 e. The number of amides is 1. The monoisotopic (exact) mass is 625 g/mol. The molecule has 10 nitrogen and oxygen atoms in total. The molecule has 0 spiro atoms. The van der Waals surface area contributed by atoms with Crippen molar-refractivity contribution in [2.45, 2.75) is 136 Å². The maximum Gasteiger partial charge on any atom is 1.00 e. The van der Waals surface area contributed by atoms with Gasteiger partial charge in [-0.25, -0.2) is 0 Å². The van der Waals surface area contributed by atoms with Crippen molar-refractivity contribution in [2.75, 3.05) is 33.2 Å². The SMILES string of the molecule is CCCCCCCCCCCCC(=O)O[C@@H](COCOCCCCCCCCCNC(C)=O)COP(=O)([O-])[O-].[Na+].[Na+]. The maximum absolute atomic E-state index is 12.2. The molecule has 0 aliphatic carbocycles. The zero-order valence-corrected chi connectivity index (χ0v) is 31.4. The zero-order chi connectivity index (χ0) is 29.0. The van der Waals surface area contributed by atoms with Gasteiger partial charge in [0.1, 0.15) is 12.9 Å². The minimum atomic E-state index is -5.18. The molecule has 41 heavy (non-hydrogen) atoms. The van der Waals surface area contributed by atoms with Crippen LogP contribution < -0.4 is 74.2 Å². The molecule has 0 fully saturated rings. The van der Waals surface area contributed by atoms with Crippen LogP contribution >= 0.6 is 7.82 Å². The molecule has 0 unspecified atom stereocenters. The van der Waals surface area contributed by atoms with Crippen molar-refractivity contribution in [1.29, 1.82) is 0 Å². The van der Waals surface area contributed by atoms with Crippen molar-refractivity contribution in [3.05, 3.63) is 0 Å². The first-order valence-corrected chi connectivity index (χ1v) is 16.5. The van der Waals surface area contributed by atoms with E-state index in [-0.39, 0.29) is 84.8 Å². The molecule has 0 saturated heterocycles. The van der Waals surface area contributed by atoms with E-state index in [0.29, 0.717) is 13.0 Å². The fraction of sp³-hybridized carbons (Fsp3) is 0.929. The van der Waals surface area contributed by atoms with Crippen LogP contribution in [0.15, 0.2) is 0 Å². The molecule has 0 aromatic carbocycles. The molecular formula is C28H54NNa2O9P. The Morgan fingerprint density at radius 3 is 1.78 bits per heavy atom. The zero-order valence-electron chi connectivity index (χ0n) is 26.5. The number of hydrogen-bond donors (Lipinski definition) is 1. The van der Waals surface area contributed by atoms with Crippen LogP contribution in [0.2, 0.25) is 0 Å². The summed E-state index contributed by atoms with van der Waals surface area (Å²) < 4.78 is 31.2. The molecule has 1 atom stereocenters. The van der Waals surface area contributed by atoms with Gasteiger partial charge in [0.2, 0.25) is 5.91 Å². The van der Waals surface area contributed by atoms with Crippen LogP contribution in [0.1, 0.15) is 129 Å². The van der Waals surface area contributed by atoms with Crippen molar-refractivity contribution < 1.29 is 102 Å². The first-order valence-electron chi connectivity index (χ1n) is 15.0. The molecule has 0 aliphatic heterocycles. The third-order valence-electron chi connectivity index (χ3n) is 6.26. The third-order valence-corrected chi connectivity index (χ3v) is 6.73. The summed E-state index contributed by atoms with van der Waals surface area (Å²) >= 11 is 0. The number of carbonyl (C=O) groups is 2. The molecule has 0 aromatic heterocycles. The molecule has 0 bridgehead atoms. The Labute approximate surface area is 293 Å². The van der Waals surface area contributed by atoms with E-state index in [1.807, 2.05) is 0 Å². The second-order valence-corrected chi connectivity index (χ2v) is 11.3. The second-order valence-electron chi connectivity index (χ2n) is 10.1. The summed E-state index contributed by atoms with van der Waals surface area (Å²) in [5.41, 5.74) is 0. The Morgan fingerprint density at radius 2 is 1.24 bits per heavy atom. The van der Waals surface area contributed by atoms with Gasteiger partial charge in [0, 0.05) is 26.5 Å². The van der Waals surface area contributed by atoms with Gasteiger partial charge >= 0.3 is 65.1 Å². The minimum Gasteiger partial charge on any atom is -0.790 e. The summed E-state index contributed by atoms with van der Waals surface area (Å²) in [6.07, 6.45) is 18.2. The number of carbonyl (C=O) groups excluding carboxylic acids is 2. The van der Waals surface area contributed by atoms with E-state index >= 15 is 0 Å². The molecular weight excluding hydrogens is 571 g/mol. The molecule has 0 aliphatic rings. The Balaban J connectivity index is -0.00000722. The summed E-state index contributed by atoms with van der Waals surface area (Å²) in [6.45, 7) is 4.28. The second kappa shape index (κ2) is 33.9. The standard InChI is InChI=1S/C28H56NO9P.2Na/c1-3-4-5-6-7-8-9-11-14-17-20-28(31)38-27(24-37-39(32,33)34)23-36-25-35-22-19-16-13-10-12-15-18-21-29-26(2)30;;/h27H,3-25H2,1-2H3,(H,29,30)(H2,32,33,34);;/q;2*+1/p-2/t27-;;/m0../s1. The van der Waals surface area contributed by atoms with Crippen LogP contribution in [-0.4, -0.2) is 51.1 Å². The number of esters is 1. The van der Waals surface area contributed by atoms with Crippen LogP contribution in [0.25, 0.3) is 0 Å². The van der Waals surface area contributed by atoms with E-state index in [0.717, 1.165) is 70.8 Å². The molecule has 1 N–H and O–H groups in total. The van der Waals surface area contributed by atoms with E-state index < -0.39 is 26.5 Å². The summed E-state index contributed by atoms with van der Waals surface area (Å²) in [6, 6.07) is 0. The topological polar surface area (TPSA) is 146 Å².